The average Bonchev–Trinajstić information content (AvgIpc) is 2.04. The second kappa shape index (κ2) is 3.94. The van der Waals surface area contributed by atoms with Gasteiger partial charge in [-0.1, -0.05) is 0 Å². The van der Waals surface area contributed by atoms with E-state index in [0.717, 1.165) is 0 Å². The van der Waals surface area contributed by atoms with Gasteiger partial charge in [0.2, 0.25) is 0 Å². The van der Waals surface area contributed by atoms with Gasteiger partial charge in [0, 0.05) is 17.3 Å². The molecule has 0 aliphatic heterocycles. The van der Waals surface area contributed by atoms with E-state index in [4.69, 9.17) is 10.5 Å². The molecule has 0 aromatic heterocycles. The van der Waals surface area contributed by atoms with Crippen molar-refractivity contribution in [3.63, 3.8) is 0 Å². The molecular weight excluding hydrogens is 166 g/mol. The maximum Gasteiger partial charge on any atom is 0.161 e. The Morgan fingerprint density at radius 2 is 2.23 bits per heavy atom. The first-order valence-corrected chi connectivity index (χ1v) is 4.18. The Kier molecular flexibility index (Phi) is 2.90. The molecule has 0 saturated heterocycles. The molecule has 0 spiro atoms. The van der Waals surface area contributed by atoms with Gasteiger partial charge in [-0.05, 0) is 26.0 Å². The Balaban J connectivity index is 2.98. The molecule has 0 saturated carbocycles. The molecule has 0 aliphatic rings. The third kappa shape index (κ3) is 2.21. The van der Waals surface area contributed by atoms with Crippen LogP contribution in [-0.2, 0) is 0 Å². The van der Waals surface area contributed by atoms with E-state index in [9.17, 15) is 4.79 Å². The minimum absolute atomic E-state index is 0.0273. The summed E-state index contributed by atoms with van der Waals surface area (Å²) in [6.07, 6.45) is 0. The Labute approximate surface area is 77.5 Å². The first-order valence-electron chi connectivity index (χ1n) is 4.18. The number of ketones is 1. The minimum atomic E-state index is -0.0273. The predicted octanol–water partition coefficient (Wildman–Crippen LogP) is 1.87. The van der Waals surface area contributed by atoms with Crippen molar-refractivity contribution in [3.05, 3.63) is 23.8 Å². The summed E-state index contributed by atoms with van der Waals surface area (Å²) in [5.41, 5.74) is 6.67. The topological polar surface area (TPSA) is 52.3 Å². The van der Waals surface area contributed by atoms with Crippen LogP contribution in [-0.4, -0.2) is 12.4 Å². The zero-order valence-electron chi connectivity index (χ0n) is 7.83. The normalized spacial score (nSPS) is 9.69. The van der Waals surface area contributed by atoms with Crippen LogP contribution >= 0.6 is 0 Å². The molecule has 1 aromatic carbocycles. The quantitative estimate of drug-likeness (QED) is 0.569. The number of hydrogen-bond acceptors (Lipinski definition) is 3. The van der Waals surface area contributed by atoms with Crippen molar-refractivity contribution in [2.75, 3.05) is 12.3 Å². The van der Waals surface area contributed by atoms with Crippen LogP contribution in [0.15, 0.2) is 18.2 Å². The molecule has 2 N–H and O–H groups in total. The number of benzene rings is 1. The van der Waals surface area contributed by atoms with Crippen molar-refractivity contribution in [2.24, 2.45) is 0 Å². The van der Waals surface area contributed by atoms with Gasteiger partial charge in [0.05, 0.1) is 6.61 Å². The molecule has 0 fully saturated rings. The smallest absolute Gasteiger partial charge is 0.161 e. The molecule has 1 aromatic rings. The van der Waals surface area contributed by atoms with Crippen LogP contribution in [0.3, 0.4) is 0 Å². The summed E-state index contributed by atoms with van der Waals surface area (Å²) in [5, 5.41) is 0. The van der Waals surface area contributed by atoms with Crippen LogP contribution in [0.5, 0.6) is 5.75 Å². The van der Waals surface area contributed by atoms with Gasteiger partial charge in [0.25, 0.3) is 0 Å². The lowest BCUT2D eigenvalue weighted by Gasteiger charge is -2.06. The molecule has 0 radical (unpaired) electrons. The van der Waals surface area contributed by atoms with E-state index >= 15 is 0 Å². The SMILES string of the molecule is CCOc1ccc(C(C)=O)c(N)c1. The molecule has 3 heteroatoms. The average molecular weight is 179 g/mol. The fourth-order valence-electron chi connectivity index (χ4n) is 1.12. The van der Waals surface area contributed by atoms with Gasteiger partial charge in [-0.3, -0.25) is 4.79 Å². The number of hydrogen-bond donors (Lipinski definition) is 1. The highest BCUT2D eigenvalue weighted by atomic mass is 16.5. The molecular formula is C10H13NO2. The van der Waals surface area contributed by atoms with Crippen LogP contribution in [0.1, 0.15) is 24.2 Å². The van der Waals surface area contributed by atoms with Crippen molar-refractivity contribution in [2.45, 2.75) is 13.8 Å². The largest absolute Gasteiger partial charge is 0.494 e. The highest BCUT2D eigenvalue weighted by Gasteiger charge is 2.04. The highest BCUT2D eigenvalue weighted by Crippen LogP contribution is 2.20. The Morgan fingerprint density at radius 3 is 2.69 bits per heavy atom. The maximum absolute atomic E-state index is 11.0. The fourth-order valence-corrected chi connectivity index (χ4v) is 1.12. The predicted molar refractivity (Wildman–Crippen MR) is 52.0 cm³/mol. The molecule has 70 valence electrons. The first-order chi connectivity index (χ1) is 6.15. The van der Waals surface area contributed by atoms with Crippen molar-refractivity contribution >= 4 is 11.5 Å². The van der Waals surface area contributed by atoms with E-state index in [1.807, 2.05) is 6.92 Å². The molecule has 13 heavy (non-hydrogen) atoms. The van der Waals surface area contributed by atoms with Crippen LogP contribution in [0.2, 0.25) is 0 Å². The van der Waals surface area contributed by atoms with Crippen molar-refractivity contribution in [1.29, 1.82) is 0 Å². The van der Waals surface area contributed by atoms with Gasteiger partial charge in [-0.25, -0.2) is 0 Å². The van der Waals surface area contributed by atoms with Gasteiger partial charge >= 0.3 is 0 Å². The van der Waals surface area contributed by atoms with E-state index in [1.165, 1.54) is 6.92 Å². The van der Waals surface area contributed by atoms with Crippen LogP contribution in [0.25, 0.3) is 0 Å². The van der Waals surface area contributed by atoms with E-state index in [0.29, 0.717) is 23.6 Å². The van der Waals surface area contributed by atoms with E-state index in [-0.39, 0.29) is 5.78 Å². The molecule has 0 heterocycles. The zero-order valence-corrected chi connectivity index (χ0v) is 7.83. The van der Waals surface area contributed by atoms with E-state index < -0.39 is 0 Å². The summed E-state index contributed by atoms with van der Waals surface area (Å²) < 4.78 is 5.23. The van der Waals surface area contributed by atoms with E-state index in [2.05, 4.69) is 0 Å². The minimum Gasteiger partial charge on any atom is -0.494 e. The molecule has 0 aliphatic carbocycles. The van der Waals surface area contributed by atoms with Crippen LogP contribution < -0.4 is 10.5 Å². The van der Waals surface area contributed by atoms with Gasteiger partial charge in [0.15, 0.2) is 5.78 Å². The second-order valence-corrected chi connectivity index (χ2v) is 2.74. The summed E-state index contributed by atoms with van der Waals surface area (Å²) >= 11 is 0. The summed E-state index contributed by atoms with van der Waals surface area (Å²) in [6, 6.07) is 5.10. The number of rotatable bonds is 3. The van der Waals surface area contributed by atoms with Crippen molar-refractivity contribution in [3.8, 4) is 5.75 Å². The first kappa shape index (κ1) is 9.58. The van der Waals surface area contributed by atoms with Gasteiger partial charge in [0.1, 0.15) is 5.75 Å². The monoisotopic (exact) mass is 179 g/mol. The third-order valence-corrected chi connectivity index (χ3v) is 1.71. The fraction of sp³-hybridized carbons (Fsp3) is 0.300. The number of carbonyl (C=O) groups excluding carboxylic acids is 1. The lowest BCUT2D eigenvalue weighted by Crippen LogP contribution is -2.00. The second-order valence-electron chi connectivity index (χ2n) is 2.74. The molecule has 3 nitrogen and oxygen atoms in total. The molecule has 0 atom stereocenters. The Bertz CT molecular complexity index is 321. The van der Waals surface area contributed by atoms with Gasteiger partial charge in [-0.15, -0.1) is 0 Å². The number of nitrogens with two attached hydrogens (primary N) is 1. The summed E-state index contributed by atoms with van der Waals surface area (Å²) in [6.45, 7) is 3.99. The molecule has 0 unspecified atom stereocenters. The number of Topliss-reactive ketones (excluding diaryl/α,β-unsaturated/α-hetero) is 1. The number of ether oxygens (including phenoxy) is 1. The van der Waals surface area contributed by atoms with Crippen molar-refractivity contribution < 1.29 is 9.53 Å². The lowest BCUT2D eigenvalue weighted by atomic mass is 10.1. The highest BCUT2D eigenvalue weighted by molar-refractivity contribution is 5.99. The number of nitrogen functional groups attached to an aromatic ring is 1. The van der Waals surface area contributed by atoms with E-state index in [1.54, 1.807) is 18.2 Å². The summed E-state index contributed by atoms with van der Waals surface area (Å²) in [5.74, 6) is 0.672. The van der Waals surface area contributed by atoms with Crippen LogP contribution in [0.4, 0.5) is 5.69 Å². The number of carbonyl (C=O) groups is 1. The van der Waals surface area contributed by atoms with Crippen LogP contribution in [0, 0.1) is 0 Å². The third-order valence-electron chi connectivity index (χ3n) is 1.71. The molecule has 0 bridgehead atoms. The summed E-state index contributed by atoms with van der Waals surface area (Å²) in [7, 11) is 0. The number of anilines is 1. The maximum atomic E-state index is 11.0. The van der Waals surface area contributed by atoms with Gasteiger partial charge in [-0.2, -0.15) is 0 Å². The zero-order chi connectivity index (χ0) is 9.84. The standard InChI is InChI=1S/C10H13NO2/c1-3-13-8-4-5-9(7(2)12)10(11)6-8/h4-6H,3,11H2,1-2H3. The Hall–Kier alpha value is -1.51. The summed E-state index contributed by atoms with van der Waals surface area (Å²) in [4.78, 5) is 11.0. The molecule has 0 amide bonds. The Morgan fingerprint density at radius 1 is 1.54 bits per heavy atom. The lowest BCUT2D eigenvalue weighted by molar-refractivity contribution is 0.101. The van der Waals surface area contributed by atoms with Gasteiger partial charge < -0.3 is 10.5 Å². The molecule has 1 rings (SSSR count). The van der Waals surface area contributed by atoms with Crippen molar-refractivity contribution in [1.82, 2.24) is 0 Å².